The minimum absolute atomic E-state index is 0.0901. The molecule has 2 aromatic carbocycles. The van der Waals surface area contributed by atoms with Crippen molar-refractivity contribution in [2.24, 2.45) is 5.10 Å². The molecule has 1 aliphatic rings. The van der Waals surface area contributed by atoms with Crippen molar-refractivity contribution < 1.29 is 22.4 Å². The molecule has 0 unspecified atom stereocenters. The van der Waals surface area contributed by atoms with E-state index in [1.54, 1.807) is 0 Å². The first-order chi connectivity index (χ1) is 12.2. The van der Waals surface area contributed by atoms with Crippen molar-refractivity contribution in [3.8, 4) is 0 Å². The van der Waals surface area contributed by atoms with Crippen molar-refractivity contribution >= 4 is 40.3 Å². The molecule has 1 amide bonds. The maximum atomic E-state index is 13.3. The molecule has 0 aromatic heterocycles. The van der Waals surface area contributed by atoms with E-state index in [4.69, 9.17) is 12.2 Å². The molecule has 0 radical (unpaired) electrons. The highest BCUT2D eigenvalue weighted by Gasteiger charge is 2.30. The molecule has 1 heterocycles. The number of fused-ring (bicyclic) bond motifs is 1. The highest BCUT2D eigenvalue weighted by molar-refractivity contribution is 7.80. The Balaban J connectivity index is 1.73. The number of hydrogen-bond acceptors (Lipinski definition) is 3. The first-order valence-corrected chi connectivity index (χ1v) is 7.58. The molecule has 134 valence electrons. The van der Waals surface area contributed by atoms with E-state index in [0.29, 0.717) is 5.69 Å². The lowest BCUT2D eigenvalue weighted by Gasteiger charge is -2.11. The summed E-state index contributed by atoms with van der Waals surface area (Å²) in [5.41, 5.74) is 2.19. The maximum absolute atomic E-state index is 13.3. The average molecular weight is 382 g/mol. The molecule has 0 atom stereocenters. The monoisotopic (exact) mass is 382 g/mol. The average Bonchev–Trinajstić information content (AvgIpc) is 2.87. The van der Waals surface area contributed by atoms with E-state index in [9.17, 15) is 22.4 Å². The SMILES string of the molecule is O=C1Nc2ccc(F)cc2/C1=N/NC(=S)Nc1cccc(C(F)(F)F)c1. The van der Waals surface area contributed by atoms with Gasteiger partial charge in [-0.1, -0.05) is 6.07 Å². The molecule has 0 saturated carbocycles. The normalized spacial score (nSPS) is 14.8. The molecule has 3 rings (SSSR count). The lowest BCUT2D eigenvalue weighted by molar-refractivity contribution is -0.137. The number of carbonyl (C=O) groups excluding carboxylic acids is 1. The van der Waals surface area contributed by atoms with Crippen LogP contribution in [0.1, 0.15) is 11.1 Å². The number of amides is 1. The lowest BCUT2D eigenvalue weighted by atomic mass is 10.1. The van der Waals surface area contributed by atoms with Crippen LogP contribution in [0.25, 0.3) is 0 Å². The number of nitrogens with one attached hydrogen (secondary N) is 3. The fourth-order valence-electron chi connectivity index (χ4n) is 2.28. The zero-order valence-corrected chi connectivity index (χ0v) is 13.6. The molecule has 2 aromatic rings. The van der Waals surface area contributed by atoms with E-state index in [1.165, 1.54) is 24.3 Å². The van der Waals surface area contributed by atoms with Gasteiger partial charge in [0.15, 0.2) is 10.8 Å². The zero-order chi connectivity index (χ0) is 18.9. The Morgan fingerprint density at radius 2 is 1.92 bits per heavy atom. The number of alkyl halides is 3. The second-order valence-electron chi connectivity index (χ2n) is 5.25. The number of benzene rings is 2. The van der Waals surface area contributed by atoms with Crippen molar-refractivity contribution in [1.82, 2.24) is 5.43 Å². The molecule has 0 saturated heterocycles. The Morgan fingerprint density at radius 3 is 2.65 bits per heavy atom. The number of hydrogen-bond donors (Lipinski definition) is 3. The van der Waals surface area contributed by atoms with Crippen LogP contribution in [0.3, 0.4) is 0 Å². The minimum Gasteiger partial charge on any atom is -0.331 e. The number of nitrogens with zero attached hydrogens (tertiary/aromatic N) is 1. The van der Waals surface area contributed by atoms with E-state index in [1.807, 2.05) is 0 Å². The van der Waals surface area contributed by atoms with Gasteiger partial charge in [-0.05, 0) is 48.6 Å². The van der Waals surface area contributed by atoms with E-state index >= 15 is 0 Å². The molecular weight excluding hydrogens is 372 g/mol. The van der Waals surface area contributed by atoms with Crippen molar-refractivity contribution in [2.75, 3.05) is 10.6 Å². The molecule has 0 fully saturated rings. The van der Waals surface area contributed by atoms with E-state index in [0.717, 1.165) is 18.2 Å². The minimum atomic E-state index is -4.48. The van der Waals surface area contributed by atoms with Crippen LogP contribution in [0.5, 0.6) is 0 Å². The van der Waals surface area contributed by atoms with Gasteiger partial charge in [-0.2, -0.15) is 18.3 Å². The number of carbonyl (C=O) groups is 1. The van der Waals surface area contributed by atoms with Gasteiger partial charge in [0.25, 0.3) is 5.91 Å². The number of rotatable bonds is 2. The molecule has 3 N–H and O–H groups in total. The van der Waals surface area contributed by atoms with E-state index in [2.05, 4.69) is 21.2 Å². The first kappa shape index (κ1) is 17.8. The van der Waals surface area contributed by atoms with Crippen LogP contribution in [0, 0.1) is 5.82 Å². The predicted octanol–water partition coefficient (Wildman–Crippen LogP) is 3.49. The second-order valence-corrected chi connectivity index (χ2v) is 5.66. The number of hydrazone groups is 1. The Bertz CT molecular complexity index is 927. The van der Waals surface area contributed by atoms with Crippen LogP contribution < -0.4 is 16.1 Å². The Labute approximate surface area is 150 Å². The van der Waals surface area contributed by atoms with Gasteiger partial charge in [0, 0.05) is 11.3 Å². The van der Waals surface area contributed by atoms with Crippen LogP contribution >= 0.6 is 12.2 Å². The van der Waals surface area contributed by atoms with Gasteiger partial charge < -0.3 is 10.6 Å². The zero-order valence-electron chi connectivity index (χ0n) is 12.8. The quantitative estimate of drug-likeness (QED) is 0.423. The summed E-state index contributed by atoms with van der Waals surface area (Å²) in [5.74, 6) is -1.10. The summed E-state index contributed by atoms with van der Waals surface area (Å²) >= 11 is 4.95. The molecule has 10 heteroatoms. The van der Waals surface area contributed by atoms with Crippen LogP contribution in [0.15, 0.2) is 47.6 Å². The summed E-state index contributed by atoms with van der Waals surface area (Å²) in [7, 11) is 0. The summed E-state index contributed by atoms with van der Waals surface area (Å²) in [4.78, 5) is 11.9. The molecule has 0 spiro atoms. The lowest BCUT2D eigenvalue weighted by Crippen LogP contribution is -2.27. The van der Waals surface area contributed by atoms with Gasteiger partial charge in [-0.3, -0.25) is 10.2 Å². The molecule has 5 nitrogen and oxygen atoms in total. The number of halogens is 4. The molecule has 0 aliphatic carbocycles. The summed E-state index contributed by atoms with van der Waals surface area (Å²) in [6.45, 7) is 0. The Morgan fingerprint density at radius 1 is 1.15 bits per heavy atom. The summed E-state index contributed by atoms with van der Waals surface area (Å²) in [6.07, 6.45) is -4.48. The largest absolute Gasteiger partial charge is 0.416 e. The fraction of sp³-hybridized carbons (Fsp3) is 0.0625. The summed E-state index contributed by atoms with van der Waals surface area (Å²) in [6, 6.07) is 8.15. The van der Waals surface area contributed by atoms with Crippen LogP contribution in [-0.4, -0.2) is 16.7 Å². The van der Waals surface area contributed by atoms with Crippen molar-refractivity contribution in [2.45, 2.75) is 6.18 Å². The van der Waals surface area contributed by atoms with E-state index < -0.39 is 23.5 Å². The Kier molecular flexibility index (Phi) is 4.60. The molecule has 1 aliphatic heterocycles. The number of anilines is 2. The molecule has 0 bridgehead atoms. The maximum Gasteiger partial charge on any atom is 0.416 e. The standard InChI is InChI=1S/C16H10F4N4OS/c17-9-4-5-12-11(7-9)13(14(25)22-12)23-24-15(26)21-10-3-1-2-8(6-10)16(18,19)20/h1-7H,(H2,21,24,26)(H,22,23,25). The first-order valence-electron chi connectivity index (χ1n) is 7.17. The highest BCUT2D eigenvalue weighted by atomic mass is 32.1. The van der Waals surface area contributed by atoms with Crippen molar-refractivity contribution in [1.29, 1.82) is 0 Å². The fourth-order valence-corrected chi connectivity index (χ4v) is 2.44. The van der Waals surface area contributed by atoms with Crippen LogP contribution in [0.4, 0.5) is 28.9 Å². The predicted molar refractivity (Wildman–Crippen MR) is 92.4 cm³/mol. The van der Waals surface area contributed by atoms with Crippen LogP contribution in [-0.2, 0) is 11.0 Å². The third-order valence-corrected chi connectivity index (χ3v) is 3.61. The van der Waals surface area contributed by atoms with Crippen molar-refractivity contribution in [3.63, 3.8) is 0 Å². The van der Waals surface area contributed by atoms with Crippen LogP contribution in [0.2, 0.25) is 0 Å². The third kappa shape index (κ3) is 3.80. The third-order valence-electron chi connectivity index (χ3n) is 3.42. The second kappa shape index (κ2) is 6.71. The summed E-state index contributed by atoms with van der Waals surface area (Å²) in [5, 5.41) is 8.73. The Hall–Kier alpha value is -3.01. The van der Waals surface area contributed by atoms with Gasteiger partial charge >= 0.3 is 6.18 Å². The van der Waals surface area contributed by atoms with Gasteiger partial charge in [0.2, 0.25) is 0 Å². The molecule has 26 heavy (non-hydrogen) atoms. The van der Waals surface area contributed by atoms with Gasteiger partial charge in [-0.25, -0.2) is 4.39 Å². The smallest absolute Gasteiger partial charge is 0.331 e. The van der Waals surface area contributed by atoms with Gasteiger partial charge in [0.05, 0.1) is 11.3 Å². The molecular formula is C16H10F4N4OS. The summed E-state index contributed by atoms with van der Waals surface area (Å²) < 4.78 is 51.4. The highest BCUT2D eigenvalue weighted by Crippen LogP contribution is 2.30. The van der Waals surface area contributed by atoms with E-state index in [-0.39, 0.29) is 22.1 Å². The topological polar surface area (TPSA) is 65.5 Å². The van der Waals surface area contributed by atoms with Gasteiger partial charge in [-0.15, -0.1) is 0 Å². The number of thiocarbonyl (C=S) groups is 1. The van der Waals surface area contributed by atoms with Gasteiger partial charge in [0.1, 0.15) is 5.82 Å². The van der Waals surface area contributed by atoms with Crippen molar-refractivity contribution in [3.05, 3.63) is 59.4 Å².